The lowest BCUT2D eigenvalue weighted by molar-refractivity contribution is 0.364. The molecule has 0 atom stereocenters. The monoisotopic (exact) mass is 261 g/mol. The van der Waals surface area contributed by atoms with Crippen LogP contribution in [-0.2, 0) is 0 Å². The van der Waals surface area contributed by atoms with Crippen molar-refractivity contribution >= 4 is 17.0 Å². The zero-order chi connectivity index (χ0) is 13.6. The molecule has 3 rings (SSSR count). The Balaban J connectivity index is 1.64. The van der Waals surface area contributed by atoms with E-state index < -0.39 is 0 Å². The Morgan fingerprint density at radius 2 is 1.85 bits per heavy atom. The van der Waals surface area contributed by atoms with E-state index in [-0.39, 0.29) is 0 Å². The van der Waals surface area contributed by atoms with Gasteiger partial charge >= 0.3 is 0 Å². The maximum absolute atomic E-state index is 5.72. The van der Waals surface area contributed by atoms with Crippen LogP contribution in [0.15, 0.2) is 72.9 Å². The summed E-state index contributed by atoms with van der Waals surface area (Å²) in [6.45, 7) is 0.556. The van der Waals surface area contributed by atoms with Gasteiger partial charge in [0, 0.05) is 11.6 Å². The number of aromatic nitrogens is 1. The first-order valence-electron chi connectivity index (χ1n) is 6.61. The molecule has 98 valence electrons. The number of hydrogen-bond acceptors (Lipinski definition) is 2. The Labute approximate surface area is 118 Å². The summed E-state index contributed by atoms with van der Waals surface area (Å²) in [6, 6.07) is 20.1. The summed E-state index contributed by atoms with van der Waals surface area (Å²) >= 11 is 0. The molecule has 0 saturated heterocycles. The summed E-state index contributed by atoms with van der Waals surface area (Å²) < 4.78 is 5.72. The average Bonchev–Trinajstić information content (AvgIpc) is 2.52. The van der Waals surface area contributed by atoms with Gasteiger partial charge in [0.25, 0.3) is 0 Å². The van der Waals surface area contributed by atoms with Crippen LogP contribution in [0.3, 0.4) is 0 Å². The molecule has 0 bridgehead atoms. The molecule has 1 aromatic heterocycles. The third-order valence-corrected chi connectivity index (χ3v) is 3.03. The van der Waals surface area contributed by atoms with E-state index in [1.165, 1.54) is 5.56 Å². The average molecular weight is 261 g/mol. The van der Waals surface area contributed by atoms with Gasteiger partial charge in [0.1, 0.15) is 12.4 Å². The third kappa shape index (κ3) is 3.04. The van der Waals surface area contributed by atoms with Crippen LogP contribution >= 0.6 is 0 Å². The molecule has 0 aliphatic carbocycles. The molecule has 2 heteroatoms. The molecule has 20 heavy (non-hydrogen) atoms. The number of nitrogens with zero attached hydrogens (tertiary/aromatic N) is 1. The summed E-state index contributed by atoms with van der Waals surface area (Å²) in [5, 5.41) is 1.09. The molecule has 0 saturated carbocycles. The lowest BCUT2D eigenvalue weighted by atomic mass is 10.2. The van der Waals surface area contributed by atoms with Crippen molar-refractivity contribution < 1.29 is 4.74 Å². The Morgan fingerprint density at radius 3 is 2.75 bits per heavy atom. The van der Waals surface area contributed by atoms with E-state index in [9.17, 15) is 0 Å². The minimum atomic E-state index is 0.556. The number of rotatable bonds is 4. The summed E-state index contributed by atoms with van der Waals surface area (Å²) in [5.74, 6) is 0.864. The molecule has 0 unspecified atom stereocenters. The minimum Gasteiger partial charge on any atom is -0.490 e. The molecule has 3 aromatic rings. The minimum absolute atomic E-state index is 0.556. The maximum atomic E-state index is 5.72. The van der Waals surface area contributed by atoms with Gasteiger partial charge in [-0.25, -0.2) is 0 Å². The van der Waals surface area contributed by atoms with Crippen LogP contribution in [-0.4, -0.2) is 11.6 Å². The van der Waals surface area contributed by atoms with Gasteiger partial charge in [-0.15, -0.1) is 0 Å². The van der Waals surface area contributed by atoms with Crippen molar-refractivity contribution in [3.8, 4) is 5.75 Å². The van der Waals surface area contributed by atoms with Crippen LogP contribution in [0, 0.1) is 0 Å². The van der Waals surface area contributed by atoms with E-state index in [1.54, 1.807) is 6.20 Å². The molecule has 0 spiro atoms. The highest BCUT2D eigenvalue weighted by atomic mass is 16.5. The maximum Gasteiger partial charge on any atom is 0.120 e. The lowest BCUT2D eigenvalue weighted by Crippen LogP contribution is -1.93. The van der Waals surface area contributed by atoms with Crippen molar-refractivity contribution in [3.63, 3.8) is 0 Å². The first kappa shape index (κ1) is 12.4. The van der Waals surface area contributed by atoms with E-state index >= 15 is 0 Å². The summed E-state index contributed by atoms with van der Waals surface area (Å²) in [6.07, 6.45) is 5.87. The second-order valence-corrected chi connectivity index (χ2v) is 4.48. The highest BCUT2D eigenvalue weighted by molar-refractivity contribution is 5.79. The van der Waals surface area contributed by atoms with Crippen molar-refractivity contribution in [1.82, 2.24) is 4.98 Å². The van der Waals surface area contributed by atoms with Crippen LogP contribution in [0.2, 0.25) is 0 Å². The van der Waals surface area contributed by atoms with Gasteiger partial charge in [0.15, 0.2) is 0 Å². The lowest BCUT2D eigenvalue weighted by Gasteiger charge is -2.04. The van der Waals surface area contributed by atoms with E-state index in [0.29, 0.717) is 6.61 Å². The zero-order valence-corrected chi connectivity index (χ0v) is 11.1. The number of pyridine rings is 1. The molecular weight excluding hydrogens is 246 g/mol. The first-order chi connectivity index (χ1) is 9.92. The van der Waals surface area contributed by atoms with Gasteiger partial charge < -0.3 is 4.74 Å². The fraction of sp³-hybridized carbons (Fsp3) is 0.0556. The Bertz CT molecular complexity index is 720. The van der Waals surface area contributed by atoms with Gasteiger partial charge in [0.05, 0.1) is 5.52 Å². The molecular formula is C18H15NO. The van der Waals surface area contributed by atoms with Crippen molar-refractivity contribution in [1.29, 1.82) is 0 Å². The standard InChI is InChI=1S/C18H15NO/c1-2-6-15(7-3-1)8-5-13-20-17-10-11-18-16(14-17)9-4-12-19-18/h1-12,14H,13H2. The fourth-order valence-corrected chi connectivity index (χ4v) is 2.04. The second kappa shape index (κ2) is 6.02. The predicted molar refractivity (Wildman–Crippen MR) is 82.7 cm³/mol. The van der Waals surface area contributed by atoms with Crippen LogP contribution < -0.4 is 4.74 Å². The largest absolute Gasteiger partial charge is 0.490 e. The van der Waals surface area contributed by atoms with Crippen LogP contribution in [0.5, 0.6) is 5.75 Å². The van der Waals surface area contributed by atoms with Gasteiger partial charge in [-0.1, -0.05) is 42.5 Å². The molecule has 0 radical (unpaired) electrons. The molecule has 0 fully saturated rings. The molecule has 0 amide bonds. The van der Waals surface area contributed by atoms with E-state index in [4.69, 9.17) is 4.74 Å². The predicted octanol–water partition coefficient (Wildman–Crippen LogP) is 4.33. The number of ether oxygens (including phenoxy) is 1. The highest BCUT2D eigenvalue weighted by Crippen LogP contribution is 2.18. The summed E-state index contributed by atoms with van der Waals surface area (Å²) in [5.41, 5.74) is 2.17. The molecule has 0 aliphatic heterocycles. The smallest absolute Gasteiger partial charge is 0.120 e. The third-order valence-electron chi connectivity index (χ3n) is 3.03. The Hall–Kier alpha value is -2.61. The van der Waals surface area contributed by atoms with Gasteiger partial charge in [-0.05, 0) is 35.9 Å². The van der Waals surface area contributed by atoms with Gasteiger partial charge in [-0.2, -0.15) is 0 Å². The van der Waals surface area contributed by atoms with E-state index in [1.807, 2.05) is 54.6 Å². The van der Waals surface area contributed by atoms with Crippen molar-refractivity contribution in [2.45, 2.75) is 0 Å². The Kier molecular flexibility index (Phi) is 3.74. The van der Waals surface area contributed by atoms with Crippen LogP contribution in [0.25, 0.3) is 17.0 Å². The number of benzene rings is 2. The van der Waals surface area contributed by atoms with E-state index in [2.05, 4.69) is 23.2 Å². The van der Waals surface area contributed by atoms with Crippen molar-refractivity contribution in [3.05, 3.63) is 78.5 Å². The van der Waals surface area contributed by atoms with Gasteiger partial charge in [-0.3, -0.25) is 4.98 Å². The Morgan fingerprint density at radius 1 is 0.950 bits per heavy atom. The molecule has 2 aromatic carbocycles. The quantitative estimate of drug-likeness (QED) is 0.697. The normalized spacial score (nSPS) is 11.0. The van der Waals surface area contributed by atoms with Crippen LogP contribution in [0.4, 0.5) is 0 Å². The number of hydrogen-bond donors (Lipinski definition) is 0. The summed E-state index contributed by atoms with van der Waals surface area (Å²) in [4.78, 5) is 4.29. The number of fused-ring (bicyclic) bond motifs is 1. The molecule has 0 N–H and O–H groups in total. The van der Waals surface area contributed by atoms with Gasteiger partial charge in [0.2, 0.25) is 0 Å². The van der Waals surface area contributed by atoms with E-state index in [0.717, 1.165) is 16.7 Å². The van der Waals surface area contributed by atoms with Crippen molar-refractivity contribution in [2.75, 3.05) is 6.61 Å². The topological polar surface area (TPSA) is 22.1 Å². The fourth-order valence-electron chi connectivity index (χ4n) is 2.04. The SMILES string of the molecule is C(=Cc1ccccc1)COc1ccc2ncccc2c1. The zero-order valence-electron chi connectivity index (χ0n) is 11.1. The second-order valence-electron chi connectivity index (χ2n) is 4.48. The first-order valence-corrected chi connectivity index (χ1v) is 6.61. The van der Waals surface area contributed by atoms with Crippen molar-refractivity contribution in [2.24, 2.45) is 0 Å². The summed E-state index contributed by atoms with van der Waals surface area (Å²) in [7, 11) is 0. The molecule has 0 aliphatic rings. The van der Waals surface area contributed by atoms with Crippen LogP contribution in [0.1, 0.15) is 5.56 Å². The molecule has 2 nitrogen and oxygen atoms in total. The molecule has 1 heterocycles. The highest BCUT2D eigenvalue weighted by Gasteiger charge is 1.96.